The van der Waals surface area contributed by atoms with E-state index < -0.39 is 0 Å². The van der Waals surface area contributed by atoms with Gasteiger partial charge < -0.3 is 18.9 Å². The third-order valence-electron chi connectivity index (χ3n) is 6.89. The third-order valence-corrected chi connectivity index (χ3v) is 6.89. The fraction of sp³-hybridized carbons (Fsp3) is 0.276. The van der Waals surface area contributed by atoms with Crippen LogP contribution in [-0.2, 0) is 7.05 Å². The third kappa shape index (κ3) is 3.35. The van der Waals surface area contributed by atoms with E-state index in [0.717, 1.165) is 63.2 Å². The van der Waals surface area contributed by atoms with Crippen molar-refractivity contribution in [2.75, 3.05) is 20.8 Å². The van der Waals surface area contributed by atoms with Gasteiger partial charge in [-0.05, 0) is 42.3 Å². The molecule has 0 saturated carbocycles. The number of carbonyl (C=O) groups excluding carboxylic acids is 1. The van der Waals surface area contributed by atoms with Gasteiger partial charge in [-0.2, -0.15) is 0 Å². The molecule has 0 bridgehead atoms. The zero-order valence-corrected chi connectivity index (χ0v) is 20.2. The highest BCUT2D eigenvalue weighted by molar-refractivity contribution is 6.02. The maximum absolute atomic E-state index is 13.6. The summed E-state index contributed by atoms with van der Waals surface area (Å²) < 4.78 is 13.6. The van der Waals surface area contributed by atoms with Crippen molar-refractivity contribution in [1.29, 1.82) is 0 Å². The molecule has 174 valence electrons. The molecular weight excluding hydrogens is 424 g/mol. The maximum Gasteiger partial charge on any atom is 0.255 e. The van der Waals surface area contributed by atoms with Crippen molar-refractivity contribution in [1.82, 2.24) is 9.47 Å². The van der Waals surface area contributed by atoms with Crippen LogP contribution in [0.1, 0.15) is 47.3 Å². The summed E-state index contributed by atoms with van der Waals surface area (Å²) in [6.45, 7) is 2.87. The van der Waals surface area contributed by atoms with Crippen LogP contribution in [0.3, 0.4) is 0 Å². The van der Waals surface area contributed by atoms with E-state index in [1.165, 1.54) is 0 Å². The van der Waals surface area contributed by atoms with Crippen molar-refractivity contribution < 1.29 is 14.3 Å². The number of nitrogens with zero attached hydrogens (tertiary/aromatic N) is 2. The quantitative estimate of drug-likeness (QED) is 0.334. The number of hydrogen-bond donors (Lipinski definition) is 0. The number of hydrogen-bond acceptors (Lipinski definition) is 3. The first kappa shape index (κ1) is 22.1. The summed E-state index contributed by atoms with van der Waals surface area (Å²) in [5.74, 6) is 1.63. The number of benzene rings is 3. The Morgan fingerprint density at radius 3 is 2.44 bits per heavy atom. The fourth-order valence-corrected chi connectivity index (χ4v) is 5.26. The van der Waals surface area contributed by atoms with Gasteiger partial charge in [-0.15, -0.1) is 0 Å². The predicted octanol–water partition coefficient (Wildman–Crippen LogP) is 6.21. The minimum Gasteiger partial charge on any atom is -0.497 e. The first-order chi connectivity index (χ1) is 16.6. The highest BCUT2D eigenvalue weighted by Gasteiger charge is 2.40. The van der Waals surface area contributed by atoms with Crippen molar-refractivity contribution in [2.45, 2.75) is 25.8 Å². The number of unbranched alkanes of at least 4 members (excludes halogenated alkanes) is 1. The van der Waals surface area contributed by atoms with Crippen LogP contribution in [0.5, 0.6) is 11.5 Å². The minimum absolute atomic E-state index is 0.102. The maximum atomic E-state index is 13.6. The lowest BCUT2D eigenvalue weighted by molar-refractivity contribution is 0.0748. The second-order valence-corrected chi connectivity index (χ2v) is 8.75. The van der Waals surface area contributed by atoms with E-state index >= 15 is 0 Å². The lowest BCUT2D eigenvalue weighted by atomic mass is 9.92. The normalized spacial score (nSPS) is 15.1. The molecule has 0 fully saturated rings. The van der Waals surface area contributed by atoms with Gasteiger partial charge >= 0.3 is 0 Å². The number of aromatic nitrogens is 1. The molecule has 0 aliphatic carbocycles. The molecule has 5 nitrogen and oxygen atoms in total. The fourth-order valence-electron chi connectivity index (χ4n) is 5.26. The summed E-state index contributed by atoms with van der Waals surface area (Å²) in [5, 5.41) is 1.14. The Kier molecular flexibility index (Phi) is 5.78. The van der Waals surface area contributed by atoms with Gasteiger partial charge in [-0.1, -0.05) is 49.7 Å². The van der Waals surface area contributed by atoms with E-state index in [0.29, 0.717) is 6.54 Å². The molecule has 5 heteroatoms. The van der Waals surface area contributed by atoms with Crippen LogP contribution >= 0.6 is 0 Å². The zero-order valence-electron chi connectivity index (χ0n) is 20.2. The molecule has 0 radical (unpaired) electrons. The Morgan fingerprint density at radius 2 is 1.68 bits per heavy atom. The molecule has 1 aliphatic rings. The summed E-state index contributed by atoms with van der Waals surface area (Å²) in [4.78, 5) is 15.6. The van der Waals surface area contributed by atoms with E-state index in [1.807, 2.05) is 41.3 Å². The molecule has 4 aromatic rings. The molecular formula is C29H30N2O3. The number of aryl methyl sites for hydroxylation is 1. The minimum atomic E-state index is -0.174. The number of para-hydroxylation sites is 1. The number of fused-ring (bicyclic) bond motifs is 2. The van der Waals surface area contributed by atoms with Crippen LogP contribution in [-0.4, -0.2) is 36.1 Å². The summed E-state index contributed by atoms with van der Waals surface area (Å²) in [6.07, 6.45) is 1.98. The van der Waals surface area contributed by atoms with E-state index in [9.17, 15) is 4.79 Å². The van der Waals surface area contributed by atoms with E-state index in [2.05, 4.69) is 48.9 Å². The zero-order chi connectivity index (χ0) is 23.8. The molecule has 34 heavy (non-hydrogen) atoms. The van der Waals surface area contributed by atoms with Crippen LogP contribution in [0.2, 0.25) is 0 Å². The average molecular weight is 455 g/mol. The summed E-state index contributed by atoms with van der Waals surface area (Å²) in [5.41, 5.74) is 6.07. The number of carbonyl (C=O) groups is 1. The monoisotopic (exact) mass is 454 g/mol. The molecule has 1 atom stereocenters. The summed E-state index contributed by atoms with van der Waals surface area (Å²) in [7, 11) is 5.45. The van der Waals surface area contributed by atoms with Crippen molar-refractivity contribution in [3.63, 3.8) is 0 Å². The van der Waals surface area contributed by atoms with Gasteiger partial charge in [0.05, 0.1) is 26.0 Å². The Bertz CT molecular complexity index is 1370. The van der Waals surface area contributed by atoms with Crippen molar-refractivity contribution in [3.8, 4) is 22.8 Å². The SMILES string of the molecule is CCCCN1C(=O)c2ccccc2[C@@H]1c1c(-c2cc(OC)ccc2OC)n(C)c2ccccc12. The number of amides is 1. The van der Waals surface area contributed by atoms with Gasteiger partial charge in [0.1, 0.15) is 11.5 Å². The lowest BCUT2D eigenvalue weighted by Crippen LogP contribution is -2.30. The van der Waals surface area contributed by atoms with Gasteiger partial charge in [0.2, 0.25) is 0 Å². The largest absolute Gasteiger partial charge is 0.497 e. The number of ether oxygens (including phenoxy) is 2. The summed E-state index contributed by atoms with van der Waals surface area (Å²) >= 11 is 0. The Labute approximate surface area is 200 Å². The van der Waals surface area contributed by atoms with Crippen molar-refractivity contribution in [2.24, 2.45) is 7.05 Å². The molecule has 0 N–H and O–H groups in total. The van der Waals surface area contributed by atoms with Gasteiger partial charge in [0.15, 0.2) is 0 Å². The Morgan fingerprint density at radius 1 is 0.912 bits per heavy atom. The van der Waals surface area contributed by atoms with Gasteiger partial charge in [0, 0.05) is 41.2 Å². The standard InChI is InChI=1S/C29H30N2O3/c1-5-6-17-31-28(20-11-7-8-12-21(20)29(31)32)26-22-13-9-10-14-24(22)30(2)27(26)23-18-19(33-3)15-16-25(23)34-4/h7-16,18,28H,5-6,17H2,1-4H3/t28-/m1/s1. The van der Waals surface area contributed by atoms with Crippen LogP contribution in [0.4, 0.5) is 0 Å². The molecule has 1 aliphatic heterocycles. The Balaban J connectivity index is 1.85. The molecule has 0 unspecified atom stereocenters. The number of methoxy groups -OCH3 is 2. The topological polar surface area (TPSA) is 43.7 Å². The van der Waals surface area contributed by atoms with E-state index in [4.69, 9.17) is 9.47 Å². The highest BCUT2D eigenvalue weighted by Crippen LogP contribution is 2.48. The molecule has 1 amide bonds. The smallest absolute Gasteiger partial charge is 0.255 e. The predicted molar refractivity (Wildman–Crippen MR) is 136 cm³/mol. The average Bonchev–Trinajstić information content (AvgIpc) is 3.32. The second kappa shape index (κ2) is 8.90. The van der Waals surface area contributed by atoms with Crippen LogP contribution in [0.25, 0.3) is 22.2 Å². The molecule has 1 aromatic heterocycles. The first-order valence-electron chi connectivity index (χ1n) is 11.8. The Hall–Kier alpha value is -3.73. The second-order valence-electron chi connectivity index (χ2n) is 8.75. The van der Waals surface area contributed by atoms with Gasteiger partial charge in [0.25, 0.3) is 5.91 Å². The summed E-state index contributed by atoms with van der Waals surface area (Å²) in [6, 6.07) is 22.1. The molecule has 0 spiro atoms. The van der Waals surface area contributed by atoms with E-state index in [1.54, 1.807) is 14.2 Å². The van der Waals surface area contributed by atoms with Crippen LogP contribution < -0.4 is 9.47 Å². The highest BCUT2D eigenvalue weighted by atomic mass is 16.5. The lowest BCUT2D eigenvalue weighted by Gasteiger charge is -2.27. The molecule has 2 heterocycles. The van der Waals surface area contributed by atoms with Crippen molar-refractivity contribution >= 4 is 16.8 Å². The first-order valence-corrected chi connectivity index (χ1v) is 11.8. The molecule has 3 aromatic carbocycles. The van der Waals surface area contributed by atoms with Gasteiger partial charge in [-0.3, -0.25) is 4.79 Å². The van der Waals surface area contributed by atoms with Crippen LogP contribution in [0.15, 0.2) is 66.7 Å². The van der Waals surface area contributed by atoms with Gasteiger partial charge in [-0.25, -0.2) is 0 Å². The van der Waals surface area contributed by atoms with Crippen molar-refractivity contribution in [3.05, 3.63) is 83.4 Å². The number of rotatable bonds is 7. The molecule has 0 saturated heterocycles. The molecule has 5 rings (SSSR count). The van der Waals surface area contributed by atoms with Crippen LogP contribution in [0, 0.1) is 0 Å². The van der Waals surface area contributed by atoms with E-state index in [-0.39, 0.29) is 11.9 Å².